The van der Waals surface area contributed by atoms with Crippen molar-refractivity contribution in [3.8, 4) is 0 Å². The number of rotatable bonds is 7. The van der Waals surface area contributed by atoms with Crippen LogP contribution in [0.3, 0.4) is 0 Å². The fourth-order valence-corrected chi connectivity index (χ4v) is 4.00. The summed E-state index contributed by atoms with van der Waals surface area (Å²) in [7, 11) is 0.0720. The van der Waals surface area contributed by atoms with E-state index in [1.54, 1.807) is 37.0 Å². The van der Waals surface area contributed by atoms with Crippen LogP contribution in [0.4, 0.5) is 0 Å². The lowest BCUT2D eigenvalue weighted by Gasteiger charge is -2.23. The van der Waals surface area contributed by atoms with Crippen LogP contribution in [0.5, 0.6) is 0 Å². The van der Waals surface area contributed by atoms with E-state index in [9.17, 15) is 8.42 Å². The number of nitrogens with one attached hydrogen (secondary N) is 1. The maximum Gasteiger partial charge on any atom is 0.243 e. The van der Waals surface area contributed by atoms with Gasteiger partial charge in [-0.05, 0) is 37.9 Å². The van der Waals surface area contributed by atoms with E-state index in [2.05, 4.69) is 5.32 Å². The van der Waals surface area contributed by atoms with Gasteiger partial charge in [0.1, 0.15) is 0 Å². The van der Waals surface area contributed by atoms with E-state index in [1.807, 2.05) is 26.3 Å². The largest absolute Gasteiger partial charge is 0.316 e. The first-order valence-corrected chi connectivity index (χ1v) is 8.97. The van der Waals surface area contributed by atoms with Crippen molar-refractivity contribution in [1.82, 2.24) is 9.62 Å². The molecule has 0 saturated carbocycles. The van der Waals surface area contributed by atoms with Crippen molar-refractivity contribution >= 4 is 21.8 Å². The summed E-state index contributed by atoms with van der Waals surface area (Å²) in [5, 5.41) is 3.02. The number of hydrogen-bond acceptors (Lipinski definition) is 4. The highest BCUT2D eigenvalue weighted by Crippen LogP contribution is 2.19. The molecule has 0 saturated heterocycles. The summed E-state index contributed by atoms with van der Waals surface area (Å²) in [5.74, 6) is 0.784. The van der Waals surface area contributed by atoms with Crippen LogP contribution in [0.25, 0.3) is 0 Å². The maximum absolute atomic E-state index is 12.5. The Morgan fingerprint density at radius 3 is 2.68 bits per heavy atom. The van der Waals surface area contributed by atoms with Gasteiger partial charge in [0.25, 0.3) is 0 Å². The van der Waals surface area contributed by atoms with Gasteiger partial charge in [0.2, 0.25) is 10.0 Å². The molecule has 0 fully saturated rings. The molecule has 1 atom stereocenters. The van der Waals surface area contributed by atoms with Crippen LogP contribution in [0.15, 0.2) is 29.2 Å². The lowest BCUT2D eigenvalue weighted by Crippen LogP contribution is -2.36. The van der Waals surface area contributed by atoms with Crippen LogP contribution in [-0.2, 0) is 16.6 Å². The molecule has 1 aromatic rings. The minimum atomic E-state index is -3.41. The van der Waals surface area contributed by atoms with Gasteiger partial charge in [-0.2, -0.15) is 16.1 Å². The standard InChI is InChI=1S/C13H22N2O2S2/c1-11(10-18-4)15(3)19(16,17)13-7-5-6-12(8-13)9-14-2/h5-8,11,14H,9-10H2,1-4H3. The highest BCUT2D eigenvalue weighted by molar-refractivity contribution is 7.98. The van der Waals surface area contributed by atoms with Crippen molar-refractivity contribution in [1.29, 1.82) is 0 Å². The quantitative estimate of drug-likeness (QED) is 0.834. The molecule has 1 unspecified atom stereocenters. The molecule has 0 radical (unpaired) electrons. The number of hydrogen-bond donors (Lipinski definition) is 1. The molecule has 0 bridgehead atoms. The Kier molecular flexibility index (Phi) is 6.32. The van der Waals surface area contributed by atoms with Crippen molar-refractivity contribution in [2.24, 2.45) is 0 Å². The Hall–Kier alpha value is -0.560. The monoisotopic (exact) mass is 302 g/mol. The van der Waals surface area contributed by atoms with Gasteiger partial charge in [-0.3, -0.25) is 0 Å². The summed E-state index contributed by atoms with van der Waals surface area (Å²) in [6.07, 6.45) is 1.98. The molecule has 0 spiro atoms. The molecule has 1 N–H and O–H groups in total. The third kappa shape index (κ3) is 4.21. The van der Waals surface area contributed by atoms with Crippen LogP contribution in [0, 0.1) is 0 Å². The lowest BCUT2D eigenvalue weighted by atomic mass is 10.2. The average molecular weight is 302 g/mol. The summed E-state index contributed by atoms with van der Waals surface area (Å²) >= 11 is 1.64. The second kappa shape index (κ2) is 7.28. The molecule has 108 valence electrons. The van der Waals surface area contributed by atoms with Crippen LogP contribution < -0.4 is 5.32 Å². The third-order valence-corrected chi connectivity index (χ3v) is 5.77. The molecule has 19 heavy (non-hydrogen) atoms. The Morgan fingerprint density at radius 1 is 1.42 bits per heavy atom. The summed E-state index contributed by atoms with van der Waals surface area (Å²) in [6.45, 7) is 2.58. The Bertz CT molecular complexity index is 503. The molecule has 0 aliphatic rings. The Morgan fingerprint density at radius 2 is 2.11 bits per heavy atom. The number of thioether (sulfide) groups is 1. The molecule has 0 amide bonds. The van der Waals surface area contributed by atoms with Gasteiger partial charge >= 0.3 is 0 Å². The van der Waals surface area contributed by atoms with E-state index >= 15 is 0 Å². The first-order valence-electron chi connectivity index (χ1n) is 6.14. The van der Waals surface area contributed by atoms with Gasteiger partial charge in [-0.15, -0.1) is 0 Å². The molecule has 6 heteroatoms. The summed E-state index contributed by atoms with van der Waals surface area (Å²) in [5.41, 5.74) is 0.967. The molecule has 0 aromatic heterocycles. The molecular weight excluding hydrogens is 280 g/mol. The first-order chi connectivity index (χ1) is 8.93. The molecule has 0 aliphatic heterocycles. The van der Waals surface area contributed by atoms with E-state index in [0.717, 1.165) is 11.3 Å². The minimum Gasteiger partial charge on any atom is -0.316 e. The van der Waals surface area contributed by atoms with Crippen LogP contribution in [-0.4, -0.2) is 44.9 Å². The topological polar surface area (TPSA) is 49.4 Å². The highest BCUT2D eigenvalue weighted by atomic mass is 32.2. The zero-order valence-corrected chi connectivity index (χ0v) is 13.5. The van der Waals surface area contributed by atoms with Crippen molar-refractivity contribution in [3.05, 3.63) is 29.8 Å². The molecule has 0 aliphatic carbocycles. The first kappa shape index (κ1) is 16.5. The van der Waals surface area contributed by atoms with Crippen LogP contribution in [0.2, 0.25) is 0 Å². The number of benzene rings is 1. The Balaban J connectivity index is 3.02. The van der Waals surface area contributed by atoms with E-state index in [1.165, 1.54) is 4.31 Å². The maximum atomic E-state index is 12.5. The van der Waals surface area contributed by atoms with E-state index in [0.29, 0.717) is 11.4 Å². The average Bonchev–Trinajstić information content (AvgIpc) is 2.39. The SMILES string of the molecule is CNCc1cccc(S(=O)(=O)N(C)C(C)CSC)c1. The fraction of sp³-hybridized carbons (Fsp3) is 0.538. The molecule has 4 nitrogen and oxygen atoms in total. The molecule has 1 aromatic carbocycles. The van der Waals surface area contributed by atoms with Crippen molar-refractivity contribution in [2.75, 3.05) is 26.1 Å². The predicted molar refractivity (Wildman–Crippen MR) is 82.0 cm³/mol. The minimum absolute atomic E-state index is 0.0204. The van der Waals surface area contributed by atoms with Crippen molar-refractivity contribution in [3.63, 3.8) is 0 Å². The second-order valence-corrected chi connectivity index (χ2v) is 7.41. The van der Waals surface area contributed by atoms with E-state index in [4.69, 9.17) is 0 Å². The van der Waals surface area contributed by atoms with Gasteiger partial charge in [-0.25, -0.2) is 8.42 Å². The fourth-order valence-electron chi connectivity index (χ4n) is 1.77. The Labute approximate surface area is 120 Å². The van der Waals surface area contributed by atoms with Gasteiger partial charge in [0.05, 0.1) is 4.90 Å². The summed E-state index contributed by atoms with van der Waals surface area (Å²) < 4.78 is 26.4. The lowest BCUT2D eigenvalue weighted by molar-refractivity contribution is 0.415. The summed E-state index contributed by atoms with van der Waals surface area (Å²) in [6, 6.07) is 7.06. The second-order valence-electron chi connectivity index (χ2n) is 4.50. The van der Waals surface area contributed by atoms with E-state index < -0.39 is 10.0 Å². The third-order valence-electron chi connectivity index (χ3n) is 2.98. The van der Waals surface area contributed by atoms with E-state index in [-0.39, 0.29) is 6.04 Å². The smallest absolute Gasteiger partial charge is 0.243 e. The van der Waals surface area contributed by atoms with Gasteiger partial charge in [-0.1, -0.05) is 12.1 Å². The van der Waals surface area contributed by atoms with Crippen molar-refractivity contribution < 1.29 is 8.42 Å². The van der Waals surface area contributed by atoms with Crippen molar-refractivity contribution in [2.45, 2.75) is 24.4 Å². The zero-order chi connectivity index (χ0) is 14.5. The molecule has 1 rings (SSSR count). The number of sulfonamides is 1. The normalized spacial score (nSPS) is 13.7. The van der Waals surface area contributed by atoms with Gasteiger partial charge in [0, 0.05) is 25.4 Å². The number of nitrogens with zero attached hydrogens (tertiary/aromatic N) is 1. The summed E-state index contributed by atoms with van der Waals surface area (Å²) in [4.78, 5) is 0.357. The van der Waals surface area contributed by atoms with Gasteiger partial charge in [0.15, 0.2) is 0 Å². The molecular formula is C13H22N2O2S2. The van der Waals surface area contributed by atoms with Gasteiger partial charge < -0.3 is 5.32 Å². The molecule has 0 heterocycles. The zero-order valence-electron chi connectivity index (χ0n) is 11.9. The van der Waals surface area contributed by atoms with Crippen LogP contribution in [0.1, 0.15) is 12.5 Å². The predicted octanol–water partition coefficient (Wildman–Crippen LogP) is 1.78. The van der Waals surface area contributed by atoms with Crippen LogP contribution >= 0.6 is 11.8 Å². The highest BCUT2D eigenvalue weighted by Gasteiger charge is 2.25.